The summed E-state index contributed by atoms with van der Waals surface area (Å²) in [5, 5.41) is 8.87. The molecule has 0 spiro atoms. The monoisotopic (exact) mass is 336 g/mol. The molecule has 6 heteroatoms. The van der Waals surface area contributed by atoms with Crippen LogP contribution < -0.4 is 4.90 Å². The molecule has 2 unspecified atom stereocenters. The first-order valence-electron chi connectivity index (χ1n) is 8.52. The van der Waals surface area contributed by atoms with Crippen molar-refractivity contribution in [2.75, 3.05) is 31.1 Å². The maximum absolute atomic E-state index is 12.7. The lowest BCUT2D eigenvalue weighted by Crippen LogP contribution is -2.33. The second-order valence-corrected chi connectivity index (χ2v) is 6.98. The van der Waals surface area contributed by atoms with Crippen molar-refractivity contribution < 1.29 is 9.21 Å². The molecule has 2 aromatic heterocycles. The van der Waals surface area contributed by atoms with Crippen LogP contribution in [0.5, 0.6) is 0 Å². The summed E-state index contributed by atoms with van der Waals surface area (Å²) in [4.78, 5) is 21.3. The molecular weight excluding hydrogens is 316 g/mol. The lowest BCUT2D eigenvalue weighted by molar-refractivity contribution is 0.0781. The van der Waals surface area contributed by atoms with E-state index in [0.717, 1.165) is 37.8 Å². The van der Waals surface area contributed by atoms with E-state index < -0.39 is 0 Å². The third-order valence-corrected chi connectivity index (χ3v) is 5.25. The van der Waals surface area contributed by atoms with Gasteiger partial charge in [0.05, 0.1) is 11.1 Å². The third-order valence-electron chi connectivity index (χ3n) is 5.25. The van der Waals surface area contributed by atoms with E-state index in [1.54, 1.807) is 12.3 Å². The number of hydrogen-bond acceptors (Lipinski definition) is 5. The number of hydrogen-bond donors (Lipinski definition) is 0. The Hall–Kier alpha value is -2.81. The Balaban J connectivity index is 1.42. The van der Waals surface area contributed by atoms with Crippen LogP contribution in [0, 0.1) is 37.0 Å². The standard InChI is InChI=1S/C19H20N4O2/c1-12-5-17(13(2)25-12)19(24)23-10-15-8-22(9-16(15)11-23)18-4-3-14(6-20)7-21-18/h3-5,7,15-16H,8-11H2,1-2H3. The van der Waals surface area contributed by atoms with Crippen LogP contribution in [-0.4, -0.2) is 42.0 Å². The fourth-order valence-electron chi connectivity index (χ4n) is 4.00. The second-order valence-electron chi connectivity index (χ2n) is 6.98. The van der Waals surface area contributed by atoms with Gasteiger partial charge in [0, 0.05) is 44.2 Å². The summed E-state index contributed by atoms with van der Waals surface area (Å²) in [6, 6.07) is 7.63. The molecule has 25 heavy (non-hydrogen) atoms. The third kappa shape index (κ3) is 2.76. The molecule has 0 saturated carbocycles. The van der Waals surface area contributed by atoms with Crippen molar-refractivity contribution in [3.63, 3.8) is 0 Å². The van der Waals surface area contributed by atoms with Gasteiger partial charge >= 0.3 is 0 Å². The summed E-state index contributed by atoms with van der Waals surface area (Å²) in [7, 11) is 0. The van der Waals surface area contributed by atoms with Gasteiger partial charge in [0.25, 0.3) is 5.91 Å². The number of rotatable bonds is 2. The Bertz CT molecular complexity index is 835. The van der Waals surface area contributed by atoms with Crippen LogP contribution in [0.2, 0.25) is 0 Å². The molecule has 1 amide bonds. The number of pyridine rings is 1. The number of furan rings is 1. The fourth-order valence-corrected chi connectivity index (χ4v) is 4.00. The molecule has 2 aromatic rings. The van der Waals surface area contributed by atoms with Gasteiger partial charge in [0.2, 0.25) is 0 Å². The lowest BCUT2D eigenvalue weighted by Gasteiger charge is -2.22. The van der Waals surface area contributed by atoms with Gasteiger partial charge in [0.15, 0.2) is 0 Å². The highest BCUT2D eigenvalue weighted by atomic mass is 16.3. The number of anilines is 1. The lowest BCUT2D eigenvalue weighted by atomic mass is 10.0. The van der Waals surface area contributed by atoms with Gasteiger partial charge in [-0.25, -0.2) is 4.98 Å². The number of nitrogens with zero attached hydrogens (tertiary/aromatic N) is 4. The molecule has 2 atom stereocenters. The summed E-state index contributed by atoms with van der Waals surface area (Å²) in [5.41, 5.74) is 1.26. The molecule has 2 aliphatic rings. The normalized spacial score (nSPS) is 22.1. The number of carbonyl (C=O) groups excluding carboxylic acids is 1. The Morgan fingerprint density at radius 2 is 1.96 bits per heavy atom. The Kier molecular flexibility index (Phi) is 3.72. The highest BCUT2D eigenvalue weighted by molar-refractivity contribution is 5.95. The topological polar surface area (TPSA) is 73.4 Å². The van der Waals surface area contributed by atoms with Crippen LogP contribution in [0.15, 0.2) is 28.8 Å². The Labute approximate surface area is 146 Å². The van der Waals surface area contributed by atoms with Gasteiger partial charge in [-0.3, -0.25) is 4.79 Å². The fraction of sp³-hybridized carbons (Fsp3) is 0.421. The summed E-state index contributed by atoms with van der Waals surface area (Å²) < 4.78 is 5.50. The van der Waals surface area contributed by atoms with Crippen LogP contribution in [0.25, 0.3) is 0 Å². The van der Waals surface area contributed by atoms with Crippen molar-refractivity contribution in [2.45, 2.75) is 13.8 Å². The zero-order valence-electron chi connectivity index (χ0n) is 14.4. The van der Waals surface area contributed by atoms with E-state index >= 15 is 0 Å². The molecule has 0 N–H and O–H groups in total. The van der Waals surface area contributed by atoms with E-state index in [2.05, 4.69) is 16.0 Å². The van der Waals surface area contributed by atoms with Gasteiger partial charge in [-0.2, -0.15) is 5.26 Å². The zero-order chi connectivity index (χ0) is 17.6. The van der Waals surface area contributed by atoms with Crippen LogP contribution in [-0.2, 0) is 0 Å². The van der Waals surface area contributed by atoms with Crippen LogP contribution >= 0.6 is 0 Å². The average Bonchev–Trinajstić information content (AvgIpc) is 3.27. The first kappa shape index (κ1) is 15.7. The smallest absolute Gasteiger partial charge is 0.257 e. The molecule has 6 nitrogen and oxygen atoms in total. The summed E-state index contributed by atoms with van der Waals surface area (Å²) in [6.45, 7) is 7.06. The van der Waals surface area contributed by atoms with Gasteiger partial charge < -0.3 is 14.2 Å². The number of carbonyl (C=O) groups is 1. The van der Waals surface area contributed by atoms with E-state index in [1.807, 2.05) is 30.9 Å². The van der Waals surface area contributed by atoms with Crippen LogP contribution in [0.1, 0.15) is 27.4 Å². The Morgan fingerprint density at radius 3 is 2.48 bits per heavy atom. The highest BCUT2D eigenvalue weighted by Crippen LogP contribution is 2.34. The largest absolute Gasteiger partial charge is 0.466 e. The predicted octanol–water partition coefficient (Wildman–Crippen LogP) is 2.37. The van der Waals surface area contributed by atoms with Crippen molar-refractivity contribution in [3.8, 4) is 6.07 Å². The molecule has 128 valence electrons. The van der Waals surface area contributed by atoms with Gasteiger partial charge in [-0.05, 0) is 32.0 Å². The molecule has 0 radical (unpaired) electrons. The average molecular weight is 336 g/mol. The van der Waals surface area contributed by atoms with E-state index in [4.69, 9.17) is 9.68 Å². The van der Waals surface area contributed by atoms with E-state index in [9.17, 15) is 4.79 Å². The molecule has 2 saturated heterocycles. The molecule has 2 aliphatic heterocycles. The first-order chi connectivity index (χ1) is 12.0. The van der Waals surface area contributed by atoms with Crippen LogP contribution in [0.3, 0.4) is 0 Å². The van der Waals surface area contributed by atoms with Crippen molar-refractivity contribution in [3.05, 3.63) is 47.0 Å². The van der Waals surface area contributed by atoms with Crippen molar-refractivity contribution >= 4 is 11.7 Å². The maximum atomic E-state index is 12.7. The van der Waals surface area contributed by atoms with Crippen LogP contribution in [0.4, 0.5) is 5.82 Å². The summed E-state index contributed by atoms with van der Waals surface area (Å²) >= 11 is 0. The number of fused-ring (bicyclic) bond motifs is 1. The van der Waals surface area contributed by atoms with Gasteiger partial charge in [-0.15, -0.1) is 0 Å². The number of aryl methyl sites for hydroxylation is 2. The van der Waals surface area contributed by atoms with Gasteiger partial charge in [0.1, 0.15) is 23.4 Å². The molecule has 4 rings (SSSR count). The van der Waals surface area contributed by atoms with Crippen molar-refractivity contribution in [1.82, 2.24) is 9.88 Å². The minimum atomic E-state index is 0.0757. The predicted molar refractivity (Wildman–Crippen MR) is 92.2 cm³/mol. The number of likely N-dealkylation sites (tertiary alicyclic amines) is 1. The first-order valence-corrected chi connectivity index (χ1v) is 8.52. The molecule has 0 aliphatic carbocycles. The van der Waals surface area contributed by atoms with E-state index in [0.29, 0.717) is 28.7 Å². The minimum absolute atomic E-state index is 0.0757. The minimum Gasteiger partial charge on any atom is -0.466 e. The zero-order valence-corrected chi connectivity index (χ0v) is 14.4. The molecule has 0 aromatic carbocycles. The quantitative estimate of drug-likeness (QED) is 0.842. The van der Waals surface area contributed by atoms with Crippen molar-refractivity contribution in [1.29, 1.82) is 5.26 Å². The number of nitriles is 1. The molecule has 2 fully saturated rings. The van der Waals surface area contributed by atoms with Crippen molar-refractivity contribution in [2.24, 2.45) is 11.8 Å². The molecule has 0 bridgehead atoms. The highest BCUT2D eigenvalue weighted by Gasteiger charge is 2.42. The summed E-state index contributed by atoms with van der Waals surface area (Å²) in [6.07, 6.45) is 1.61. The van der Waals surface area contributed by atoms with E-state index in [1.165, 1.54) is 0 Å². The maximum Gasteiger partial charge on any atom is 0.257 e. The molecule has 4 heterocycles. The second kappa shape index (κ2) is 5.92. The number of aromatic nitrogens is 1. The SMILES string of the molecule is Cc1cc(C(=O)N2CC3CN(c4ccc(C#N)cn4)CC3C2)c(C)o1. The molecular formula is C19H20N4O2. The van der Waals surface area contributed by atoms with Gasteiger partial charge in [-0.1, -0.05) is 0 Å². The van der Waals surface area contributed by atoms with E-state index in [-0.39, 0.29) is 5.91 Å². The number of amides is 1. The summed E-state index contributed by atoms with van der Waals surface area (Å²) in [5.74, 6) is 3.39. The Morgan fingerprint density at radius 1 is 1.24 bits per heavy atom.